The first-order valence-corrected chi connectivity index (χ1v) is 4.99. The molecule has 3 nitrogen and oxygen atoms in total. The second-order valence-corrected chi connectivity index (χ2v) is 3.81. The van der Waals surface area contributed by atoms with Crippen LogP contribution in [-0.2, 0) is 6.54 Å². The number of nitrogens with two attached hydrogens (primary N) is 1. The Labute approximate surface area is 97.5 Å². The molecule has 1 aromatic carbocycles. The summed E-state index contributed by atoms with van der Waals surface area (Å²) in [6, 6.07) is 4.08. The molecule has 94 valence electrons. The molecule has 0 aliphatic rings. The quantitative estimate of drug-likeness (QED) is 0.614. The molecule has 0 atom stereocenters. The Kier molecular flexibility index (Phi) is 4.51. The third kappa shape index (κ3) is 4.07. The van der Waals surface area contributed by atoms with E-state index in [-0.39, 0.29) is 17.9 Å². The average molecular weight is 245 g/mol. The molecule has 0 radical (unpaired) electrons. The number of halogens is 3. The van der Waals surface area contributed by atoms with Gasteiger partial charge in [0, 0.05) is 17.7 Å². The van der Waals surface area contributed by atoms with E-state index in [2.05, 4.69) is 0 Å². The van der Waals surface area contributed by atoms with Crippen molar-refractivity contribution >= 4 is 5.84 Å². The zero-order chi connectivity index (χ0) is 13.0. The monoisotopic (exact) mass is 245 g/mol. The topological polar surface area (TPSA) is 53.1 Å². The first-order chi connectivity index (χ1) is 7.90. The van der Waals surface area contributed by atoms with Crippen LogP contribution in [0.15, 0.2) is 18.2 Å². The zero-order valence-corrected chi connectivity index (χ0v) is 9.38. The second-order valence-electron chi connectivity index (χ2n) is 3.81. The number of nitrogens with zero attached hydrogens (tertiary/aromatic N) is 1. The summed E-state index contributed by atoms with van der Waals surface area (Å²) in [5, 5.41) is 7.14. The molecule has 0 saturated carbocycles. The van der Waals surface area contributed by atoms with Gasteiger partial charge >= 0.3 is 0 Å². The number of hydrogen-bond acceptors (Lipinski definition) is 2. The Balaban J connectivity index is 2.75. The van der Waals surface area contributed by atoms with Crippen LogP contribution in [0.2, 0.25) is 0 Å². The van der Waals surface area contributed by atoms with Gasteiger partial charge in [-0.1, -0.05) is 12.1 Å². The SMILES string of the molecule is CN(Cc1ccc(C(=N)N)cc1F)CC(F)F. The number of amidine groups is 1. The summed E-state index contributed by atoms with van der Waals surface area (Å²) in [6.45, 7) is -0.317. The number of rotatable bonds is 5. The highest BCUT2D eigenvalue weighted by molar-refractivity contribution is 5.94. The Morgan fingerprint density at radius 1 is 1.47 bits per heavy atom. The third-order valence-corrected chi connectivity index (χ3v) is 2.25. The fourth-order valence-electron chi connectivity index (χ4n) is 1.43. The van der Waals surface area contributed by atoms with E-state index in [0.717, 1.165) is 6.07 Å². The van der Waals surface area contributed by atoms with Crippen molar-refractivity contribution in [3.63, 3.8) is 0 Å². The van der Waals surface area contributed by atoms with Crippen molar-refractivity contribution < 1.29 is 13.2 Å². The summed E-state index contributed by atoms with van der Waals surface area (Å²) in [7, 11) is 1.49. The van der Waals surface area contributed by atoms with Gasteiger partial charge in [0.05, 0.1) is 6.54 Å². The van der Waals surface area contributed by atoms with E-state index in [1.54, 1.807) is 0 Å². The summed E-state index contributed by atoms with van der Waals surface area (Å²) in [6.07, 6.45) is -2.44. The molecular formula is C11H14F3N3. The lowest BCUT2D eigenvalue weighted by atomic mass is 10.1. The van der Waals surface area contributed by atoms with Crippen molar-refractivity contribution in [2.45, 2.75) is 13.0 Å². The van der Waals surface area contributed by atoms with E-state index in [9.17, 15) is 13.2 Å². The van der Waals surface area contributed by atoms with Gasteiger partial charge in [-0.25, -0.2) is 13.2 Å². The molecule has 0 spiro atoms. The fourth-order valence-corrected chi connectivity index (χ4v) is 1.43. The van der Waals surface area contributed by atoms with E-state index in [4.69, 9.17) is 11.1 Å². The predicted octanol–water partition coefficient (Wildman–Crippen LogP) is 1.81. The molecule has 0 saturated heterocycles. The molecule has 1 rings (SSSR count). The molecule has 17 heavy (non-hydrogen) atoms. The molecule has 1 aromatic rings. The van der Waals surface area contributed by atoms with Crippen molar-refractivity contribution in [1.29, 1.82) is 5.41 Å². The van der Waals surface area contributed by atoms with Gasteiger partial charge in [-0.3, -0.25) is 10.3 Å². The third-order valence-electron chi connectivity index (χ3n) is 2.25. The maximum absolute atomic E-state index is 13.5. The van der Waals surface area contributed by atoms with Crippen LogP contribution in [0.25, 0.3) is 0 Å². The summed E-state index contributed by atoms with van der Waals surface area (Å²) in [4.78, 5) is 1.33. The summed E-state index contributed by atoms with van der Waals surface area (Å²) in [5.74, 6) is -0.768. The molecule has 0 bridgehead atoms. The maximum Gasteiger partial charge on any atom is 0.251 e. The predicted molar refractivity (Wildman–Crippen MR) is 59.8 cm³/mol. The van der Waals surface area contributed by atoms with E-state index >= 15 is 0 Å². The van der Waals surface area contributed by atoms with Crippen LogP contribution in [0.1, 0.15) is 11.1 Å². The van der Waals surface area contributed by atoms with Crippen LogP contribution < -0.4 is 5.73 Å². The smallest absolute Gasteiger partial charge is 0.251 e. The molecule has 0 fully saturated rings. The molecule has 0 aliphatic carbocycles. The van der Waals surface area contributed by atoms with Gasteiger partial charge < -0.3 is 5.73 Å². The molecular weight excluding hydrogens is 231 g/mol. The fraction of sp³-hybridized carbons (Fsp3) is 0.364. The highest BCUT2D eigenvalue weighted by Gasteiger charge is 2.11. The largest absolute Gasteiger partial charge is 0.384 e. The van der Waals surface area contributed by atoms with Gasteiger partial charge in [0.1, 0.15) is 11.7 Å². The van der Waals surface area contributed by atoms with Crippen molar-refractivity contribution in [3.8, 4) is 0 Å². The first kappa shape index (κ1) is 13.5. The number of benzene rings is 1. The minimum absolute atomic E-state index is 0.0916. The number of nitrogen functional groups attached to an aromatic ring is 1. The Bertz CT molecular complexity index is 407. The second kappa shape index (κ2) is 5.67. The molecule has 0 unspecified atom stereocenters. The summed E-state index contributed by atoms with van der Waals surface area (Å²) in [5.41, 5.74) is 5.79. The lowest BCUT2D eigenvalue weighted by Crippen LogP contribution is -2.24. The van der Waals surface area contributed by atoms with Crippen molar-refractivity contribution in [2.24, 2.45) is 5.73 Å². The molecule has 0 amide bonds. The summed E-state index contributed by atoms with van der Waals surface area (Å²) >= 11 is 0. The average Bonchev–Trinajstić information content (AvgIpc) is 2.19. The zero-order valence-electron chi connectivity index (χ0n) is 9.38. The normalized spacial score (nSPS) is 11.2. The van der Waals surface area contributed by atoms with Gasteiger partial charge in [-0.05, 0) is 13.1 Å². The minimum atomic E-state index is -2.44. The number of hydrogen-bond donors (Lipinski definition) is 2. The highest BCUT2D eigenvalue weighted by Crippen LogP contribution is 2.12. The standard InChI is InChI=1S/C11H14F3N3/c1-17(6-10(13)14)5-8-3-2-7(11(15)16)4-9(8)12/h2-4,10H,5-6H2,1H3,(H3,15,16). The Morgan fingerprint density at radius 3 is 2.59 bits per heavy atom. The van der Waals surface area contributed by atoms with Crippen LogP contribution in [0.4, 0.5) is 13.2 Å². The maximum atomic E-state index is 13.5. The van der Waals surface area contributed by atoms with Crippen LogP contribution in [0.5, 0.6) is 0 Å². The highest BCUT2D eigenvalue weighted by atomic mass is 19.3. The van der Waals surface area contributed by atoms with Crippen LogP contribution in [-0.4, -0.2) is 30.8 Å². The van der Waals surface area contributed by atoms with E-state index in [1.807, 2.05) is 0 Å². The van der Waals surface area contributed by atoms with Gasteiger partial charge in [0.15, 0.2) is 0 Å². The van der Waals surface area contributed by atoms with Crippen molar-refractivity contribution in [3.05, 3.63) is 35.1 Å². The minimum Gasteiger partial charge on any atom is -0.384 e. The van der Waals surface area contributed by atoms with Crippen molar-refractivity contribution in [2.75, 3.05) is 13.6 Å². The molecule has 0 aromatic heterocycles. The van der Waals surface area contributed by atoms with Crippen LogP contribution in [0.3, 0.4) is 0 Å². The Morgan fingerprint density at radius 2 is 2.12 bits per heavy atom. The van der Waals surface area contributed by atoms with Gasteiger partial charge in [-0.2, -0.15) is 0 Å². The van der Waals surface area contributed by atoms with E-state index in [1.165, 1.54) is 24.1 Å². The van der Waals surface area contributed by atoms with E-state index < -0.39 is 18.8 Å². The van der Waals surface area contributed by atoms with Crippen LogP contribution >= 0.6 is 0 Å². The molecule has 0 aliphatic heterocycles. The van der Waals surface area contributed by atoms with Crippen molar-refractivity contribution in [1.82, 2.24) is 4.90 Å². The van der Waals surface area contributed by atoms with Gasteiger partial charge in [-0.15, -0.1) is 0 Å². The van der Waals surface area contributed by atoms with Gasteiger partial charge in [0.25, 0.3) is 6.43 Å². The molecule has 6 heteroatoms. The van der Waals surface area contributed by atoms with Crippen LogP contribution in [0, 0.1) is 11.2 Å². The lowest BCUT2D eigenvalue weighted by Gasteiger charge is -2.16. The first-order valence-electron chi connectivity index (χ1n) is 4.99. The van der Waals surface area contributed by atoms with Gasteiger partial charge in [0.2, 0.25) is 0 Å². The summed E-state index contributed by atoms with van der Waals surface area (Å²) < 4.78 is 37.7. The molecule has 3 N–H and O–H groups in total. The number of alkyl halides is 2. The number of nitrogens with one attached hydrogen (secondary N) is 1. The van der Waals surface area contributed by atoms with E-state index in [0.29, 0.717) is 5.56 Å². The lowest BCUT2D eigenvalue weighted by molar-refractivity contribution is 0.0971. The molecule has 0 heterocycles. The Hall–Kier alpha value is -1.56.